The molecule has 0 aromatic heterocycles. The Kier molecular flexibility index (Phi) is 4.85. The molecule has 4 aliphatic rings. The van der Waals surface area contributed by atoms with Crippen LogP contribution in [0.15, 0.2) is 11.6 Å². The predicted molar refractivity (Wildman–Crippen MR) is 104 cm³/mol. The first-order valence-electron chi connectivity index (χ1n) is 10.5. The molecule has 28 heavy (non-hydrogen) atoms. The summed E-state index contributed by atoms with van der Waals surface area (Å²) in [7, 11) is -4.59. The van der Waals surface area contributed by atoms with Crippen molar-refractivity contribution >= 4 is 16.2 Å². The molecule has 0 aromatic rings. The molecule has 4 aliphatic carbocycles. The fraction of sp³-hybridized carbons (Fsp3) is 0.857. The van der Waals surface area contributed by atoms with Crippen LogP contribution in [-0.4, -0.2) is 36.1 Å². The van der Waals surface area contributed by atoms with E-state index in [-0.39, 0.29) is 16.7 Å². The Morgan fingerprint density at radius 3 is 2.50 bits per heavy atom. The Morgan fingerprint density at radius 1 is 1.14 bits per heavy atom. The van der Waals surface area contributed by atoms with Crippen LogP contribution in [0.1, 0.15) is 65.7 Å². The van der Waals surface area contributed by atoms with E-state index in [1.807, 2.05) is 0 Å². The minimum atomic E-state index is -4.59. The maximum atomic E-state index is 12.2. The SMILES string of the molecule is CC(=O)[C@H]1CCC2[C@@H]3CC=C4C(O)C(OS(=O)(=O)O)CC[C@]4(C)C3CC[C@@]21C. The van der Waals surface area contributed by atoms with Gasteiger partial charge in [0.15, 0.2) is 0 Å². The molecule has 0 radical (unpaired) electrons. The summed E-state index contributed by atoms with van der Waals surface area (Å²) in [5.41, 5.74) is 0.772. The van der Waals surface area contributed by atoms with Crippen LogP contribution in [0.3, 0.4) is 0 Å². The van der Waals surface area contributed by atoms with E-state index in [0.29, 0.717) is 30.0 Å². The third-order valence-corrected chi connectivity index (χ3v) is 9.37. The summed E-state index contributed by atoms with van der Waals surface area (Å²) in [5, 5.41) is 10.8. The molecule has 0 aromatic carbocycles. The molecule has 4 unspecified atom stereocenters. The zero-order valence-electron chi connectivity index (χ0n) is 16.9. The Labute approximate surface area is 167 Å². The van der Waals surface area contributed by atoms with Crippen molar-refractivity contribution in [3.63, 3.8) is 0 Å². The smallest absolute Gasteiger partial charge is 0.386 e. The molecule has 3 fully saturated rings. The Hall–Kier alpha value is -0.760. The van der Waals surface area contributed by atoms with Crippen LogP contribution < -0.4 is 0 Å². The number of carbonyl (C=O) groups excluding carboxylic acids is 1. The van der Waals surface area contributed by atoms with Gasteiger partial charge in [0.05, 0.1) is 0 Å². The van der Waals surface area contributed by atoms with E-state index in [2.05, 4.69) is 19.9 Å². The summed E-state index contributed by atoms with van der Waals surface area (Å²) in [4.78, 5) is 12.2. The highest BCUT2D eigenvalue weighted by Crippen LogP contribution is 2.66. The first kappa shape index (κ1) is 20.5. The van der Waals surface area contributed by atoms with Gasteiger partial charge in [0, 0.05) is 5.92 Å². The standard InChI is InChI=1S/C21H32O6S/c1-12(22)14-6-7-15-13-4-5-17-19(23)18(27-28(24,25)26)9-11-21(17,3)16(13)8-10-20(14,15)2/h5,13-16,18-19,23H,4,6-11H2,1-3H3,(H,24,25,26)/t13-,14+,15?,16?,18?,19?,20+,21+/m0/s1. The lowest BCUT2D eigenvalue weighted by Crippen LogP contribution is -2.54. The lowest BCUT2D eigenvalue weighted by atomic mass is 9.47. The third kappa shape index (κ3) is 3.01. The molecular weight excluding hydrogens is 380 g/mol. The summed E-state index contributed by atoms with van der Waals surface area (Å²) in [6, 6.07) is 0. The van der Waals surface area contributed by atoms with Gasteiger partial charge in [0.25, 0.3) is 0 Å². The molecule has 3 saturated carbocycles. The van der Waals surface area contributed by atoms with Crippen LogP contribution in [0.25, 0.3) is 0 Å². The summed E-state index contributed by atoms with van der Waals surface area (Å²) in [6.45, 7) is 6.24. The third-order valence-electron chi connectivity index (χ3n) is 8.88. The van der Waals surface area contributed by atoms with Gasteiger partial charge in [-0.25, -0.2) is 4.18 Å². The summed E-state index contributed by atoms with van der Waals surface area (Å²) < 4.78 is 36.0. The van der Waals surface area contributed by atoms with E-state index in [1.165, 1.54) is 0 Å². The topological polar surface area (TPSA) is 101 Å². The van der Waals surface area contributed by atoms with Gasteiger partial charge in [-0.3, -0.25) is 9.35 Å². The summed E-state index contributed by atoms with van der Waals surface area (Å²) in [6.07, 6.45) is 6.30. The van der Waals surface area contributed by atoms with Gasteiger partial charge >= 0.3 is 10.4 Å². The lowest BCUT2D eigenvalue weighted by Gasteiger charge is -2.58. The van der Waals surface area contributed by atoms with Gasteiger partial charge in [0.2, 0.25) is 0 Å². The minimum Gasteiger partial charge on any atom is -0.386 e. The second-order valence-corrected chi connectivity index (χ2v) is 11.1. The quantitative estimate of drug-likeness (QED) is 0.545. The molecule has 0 aliphatic heterocycles. The van der Waals surface area contributed by atoms with Crippen molar-refractivity contribution in [3.05, 3.63) is 11.6 Å². The van der Waals surface area contributed by atoms with Gasteiger partial charge in [0.1, 0.15) is 18.0 Å². The zero-order chi connectivity index (χ0) is 20.5. The molecule has 7 heteroatoms. The number of aliphatic hydroxyl groups is 1. The van der Waals surface area contributed by atoms with Crippen molar-refractivity contribution in [2.45, 2.75) is 77.9 Å². The van der Waals surface area contributed by atoms with Crippen molar-refractivity contribution in [1.82, 2.24) is 0 Å². The molecule has 2 N–H and O–H groups in total. The van der Waals surface area contributed by atoms with Crippen molar-refractivity contribution in [3.8, 4) is 0 Å². The molecule has 4 rings (SSSR count). The Bertz CT molecular complexity index is 804. The van der Waals surface area contributed by atoms with E-state index in [0.717, 1.165) is 44.1 Å². The highest BCUT2D eigenvalue weighted by molar-refractivity contribution is 7.80. The fourth-order valence-electron chi connectivity index (χ4n) is 7.63. The van der Waals surface area contributed by atoms with Crippen LogP contribution in [-0.2, 0) is 19.4 Å². The molecule has 0 spiro atoms. The number of aliphatic hydroxyl groups excluding tert-OH is 1. The normalized spacial score (nSPS) is 48.2. The van der Waals surface area contributed by atoms with Crippen molar-refractivity contribution < 1.29 is 27.1 Å². The number of ketones is 1. The van der Waals surface area contributed by atoms with Crippen LogP contribution in [0.4, 0.5) is 0 Å². The minimum absolute atomic E-state index is 0.0819. The molecule has 158 valence electrons. The first-order valence-corrected chi connectivity index (χ1v) is 11.9. The number of hydrogen-bond acceptors (Lipinski definition) is 5. The monoisotopic (exact) mass is 412 g/mol. The first-order chi connectivity index (χ1) is 13.0. The number of Topliss-reactive ketones (excluding diaryl/α,β-unsaturated/α-hetero) is 1. The fourth-order valence-corrected chi connectivity index (χ4v) is 8.14. The number of carbonyl (C=O) groups is 1. The molecule has 0 bridgehead atoms. The van der Waals surface area contributed by atoms with Gasteiger partial charge in [-0.1, -0.05) is 19.9 Å². The average Bonchev–Trinajstić information content (AvgIpc) is 2.94. The second kappa shape index (κ2) is 6.62. The average molecular weight is 413 g/mol. The van der Waals surface area contributed by atoms with Crippen LogP contribution in [0.5, 0.6) is 0 Å². The number of fused-ring (bicyclic) bond motifs is 5. The highest BCUT2D eigenvalue weighted by Gasteiger charge is 2.60. The summed E-state index contributed by atoms with van der Waals surface area (Å²) in [5.74, 6) is 1.94. The van der Waals surface area contributed by atoms with Crippen LogP contribution in [0, 0.1) is 34.5 Å². The van der Waals surface area contributed by atoms with Gasteiger partial charge < -0.3 is 5.11 Å². The summed E-state index contributed by atoms with van der Waals surface area (Å²) >= 11 is 0. The molecule has 0 saturated heterocycles. The Balaban J connectivity index is 1.62. The van der Waals surface area contributed by atoms with Gasteiger partial charge in [-0.2, -0.15) is 8.42 Å². The predicted octanol–water partition coefficient (Wildman–Crippen LogP) is 3.31. The van der Waals surface area contributed by atoms with E-state index in [9.17, 15) is 18.3 Å². The highest BCUT2D eigenvalue weighted by atomic mass is 32.3. The van der Waals surface area contributed by atoms with E-state index in [1.54, 1.807) is 6.92 Å². The van der Waals surface area contributed by atoms with Crippen molar-refractivity contribution in [2.24, 2.45) is 34.5 Å². The second-order valence-electron chi connectivity index (χ2n) is 10.0. The lowest BCUT2D eigenvalue weighted by molar-refractivity contribution is -0.128. The number of hydrogen-bond donors (Lipinski definition) is 2. The maximum Gasteiger partial charge on any atom is 0.397 e. The van der Waals surface area contributed by atoms with Crippen molar-refractivity contribution in [2.75, 3.05) is 0 Å². The Morgan fingerprint density at radius 2 is 1.86 bits per heavy atom. The van der Waals surface area contributed by atoms with E-state index < -0.39 is 22.6 Å². The number of rotatable bonds is 3. The molecule has 6 nitrogen and oxygen atoms in total. The largest absolute Gasteiger partial charge is 0.397 e. The van der Waals surface area contributed by atoms with E-state index >= 15 is 0 Å². The molecule has 8 atom stereocenters. The van der Waals surface area contributed by atoms with Gasteiger partial charge in [-0.05, 0) is 86.0 Å². The molecule has 0 amide bonds. The maximum absolute atomic E-state index is 12.2. The zero-order valence-corrected chi connectivity index (χ0v) is 17.7. The van der Waals surface area contributed by atoms with Crippen LogP contribution in [0.2, 0.25) is 0 Å². The van der Waals surface area contributed by atoms with E-state index in [4.69, 9.17) is 8.74 Å². The van der Waals surface area contributed by atoms with Crippen LogP contribution >= 0.6 is 0 Å². The molecule has 0 heterocycles. The van der Waals surface area contributed by atoms with Gasteiger partial charge in [-0.15, -0.1) is 0 Å². The molecular formula is C21H32O6S. The van der Waals surface area contributed by atoms with Crippen molar-refractivity contribution in [1.29, 1.82) is 0 Å². The number of allylic oxidation sites excluding steroid dienone is 1.